The molecule has 19 heavy (non-hydrogen) atoms. The number of phenols is 1. The van der Waals surface area contributed by atoms with Gasteiger partial charge >= 0.3 is 0 Å². The normalized spacial score (nSPS) is 24.4. The maximum Gasteiger partial charge on any atom is 0.162 e. The Morgan fingerprint density at radius 1 is 1.42 bits per heavy atom. The third kappa shape index (κ3) is 3.01. The minimum atomic E-state index is 0.249. The van der Waals surface area contributed by atoms with Gasteiger partial charge < -0.3 is 15.6 Å². The van der Waals surface area contributed by atoms with Crippen LogP contribution < -0.4 is 10.5 Å². The molecule has 3 N–H and O–H groups in total. The van der Waals surface area contributed by atoms with Crippen molar-refractivity contribution in [2.75, 3.05) is 13.7 Å². The van der Waals surface area contributed by atoms with Crippen LogP contribution in [0.5, 0.6) is 11.5 Å². The topological polar surface area (TPSA) is 58.7 Å². The van der Waals surface area contributed by atoms with Gasteiger partial charge in [-0.25, -0.2) is 0 Å². The van der Waals surface area contributed by atoms with Gasteiger partial charge in [-0.3, -0.25) is 4.90 Å². The van der Waals surface area contributed by atoms with Crippen LogP contribution in [0.2, 0.25) is 0 Å². The Bertz CT molecular complexity index is 423. The molecule has 1 aliphatic rings. The summed E-state index contributed by atoms with van der Waals surface area (Å²) >= 11 is 0. The van der Waals surface area contributed by atoms with E-state index in [1.807, 2.05) is 12.1 Å². The van der Waals surface area contributed by atoms with Gasteiger partial charge in [0.25, 0.3) is 0 Å². The number of likely N-dealkylation sites (tertiary alicyclic amines) is 1. The molecule has 1 saturated heterocycles. The van der Waals surface area contributed by atoms with E-state index in [1.165, 1.54) is 12.8 Å². The fourth-order valence-electron chi connectivity index (χ4n) is 2.94. The molecule has 4 heteroatoms. The first kappa shape index (κ1) is 14.2. The lowest BCUT2D eigenvalue weighted by Crippen LogP contribution is -2.48. The van der Waals surface area contributed by atoms with Crippen LogP contribution in [-0.2, 0) is 6.54 Å². The molecular weight excluding hydrogens is 240 g/mol. The zero-order chi connectivity index (χ0) is 13.8. The number of nitrogens with two attached hydrogens (primary N) is 1. The summed E-state index contributed by atoms with van der Waals surface area (Å²) in [6.07, 6.45) is 3.58. The number of para-hydroxylation sites is 1. The minimum Gasteiger partial charge on any atom is -0.504 e. The molecule has 1 aromatic carbocycles. The number of hydrogen-bond acceptors (Lipinski definition) is 4. The Labute approximate surface area is 115 Å². The molecule has 1 aliphatic heterocycles. The first-order valence-corrected chi connectivity index (χ1v) is 6.98. The quantitative estimate of drug-likeness (QED) is 0.874. The van der Waals surface area contributed by atoms with E-state index in [0.717, 1.165) is 18.5 Å². The maximum absolute atomic E-state index is 10.2. The number of nitrogens with zero attached hydrogens (tertiary/aromatic N) is 1. The van der Waals surface area contributed by atoms with Crippen LogP contribution in [0.4, 0.5) is 0 Å². The number of piperidine rings is 1. The molecule has 0 spiro atoms. The van der Waals surface area contributed by atoms with E-state index in [4.69, 9.17) is 10.5 Å². The van der Waals surface area contributed by atoms with Crippen molar-refractivity contribution in [1.82, 2.24) is 4.90 Å². The van der Waals surface area contributed by atoms with Crippen molar-refractivity contribution < 1.29 is 9.84 Å². The minimum absolute atomic E-state index is 0.249. The highest BCUT2D eigenvalue weighted by Crippen LogP contribution is 2.32. The van der Waals surface area contributed by atoms with Crippen LogP contribution in [0.1, 0.15) is 31.7 Å². The summed E-state index contributed by atoms with van der Waals surface area (Å²) in [7, 11) is 1.57. The summed E-state index contributed by atoms with van der Waals surface area (Å²) in [5.74, 6) is 0.782. The molecule has 2 unspecified atom stereocenters. The van der Waals surface area contributed by atoms with Crippen molar-refractivity contribution in [2.24, 2.45) is 5.73 Å². The van der Waals surface area contributed by atoms with E-state index in [-0.39, 0.29) is 5.75 Å². The Morgan fingerprint density at radius 3 is 2.89 bits per heavy atom. The number of benzene rings is 1. The van der Waals surface area contributed by atoms with Crippen molar-refractivity contribution in [3.8, 4) is 11.5 Å². The SMILES string of the molecule is COc1cccc(CN2C(C)CCCC2CN)c1O. The highest BCUT2D eigenvalue weighted by Gasteiger charge is 2.27. The largest absolute Gasteiger partial charge is 0.504 e. The number of ether oxygens (including phenoxy) is 1. The standard InChI is InChI=1S/C15H24N2O2/c1-11-5-3-7-13(9-16)17(11)10-12-6-4-8-14(19-2)15(12)18/h4,6,8,11,13,18H,3,5,7,9-10,16H2,1-2H3. The summed E-state index contributed by atoms with van der Waals surface area (Å²) in [4.78, 5) is 2.40. The average Bonchev–Trinajstić information content (AvgIpc) is 2.43. The van der Waals surface area contributed by atoms with Crippen LogP contribution in [0.25, 0.3) is 0 Å². The molecule has 106 valence electrons. The van der Waals surface area contributed by atoms with E-state index < -0.39 is 0 Å². The molecule has 2 atom stereocenters. The Kier molecular flexibility index (Phi) is 4.66. The summed E-state index contributed by atoms with van der Waals surface area (Å²) < 4.78 is 5.16. The summed E-state index contributed by atoms with van der Waals surface area (Å²) in [6.45, 7) is 3.64. The molecule has 1 fully saturated rings. The molecule has 0 radical (unpaired) electrons. The van der Waals surface area contributed by atoms with Gasteiger partial charge in [-0.1, -0.05) is 18.6 Å². The van der Waals surface area contributed by atoms with Gasteiger partial charge in [0, 0.05) is 30.7 Å². The number of hydrogen-bond donors (Lipinski definition) is 2. The van der Waals surface area contributed by atoms with Crippen LogP contribution in [0, 0.1) is 0 Å². The van der Waals surface area contributed by atoms with Gasteiger partial charge in [0.05, 0.1) is 7.11 Å². The monoisotopic (exact) mass is 264 g/mol. The lowest BCUT2D eigenvalue weighted by molar-refractivity contribution is 0.0882. The third-order valence-electron chi connectivity index (χ3n) is 4.12. The summed E-state index contributed by atoms with van der Waals surface area (Å²) in [6, 6.07) is 6.56. The van der Waals surface area contributed by atoms with Gasteiger partial charge in [0.2, 0.25) is 0 Å². The highest BCUT2D eigenvalue weighted by molar-refractivity contribution is 5.45. The lowest BCUT2D eigenvalue weighted by atomic mass is 9.95. The molecule has 4 nitrogen and oxygen atoms in total. The molecule has 1 heterocycles. The Balaban J connectivity index is 2.19. The van der Waals surface area contributed by atoms with E-state index in [9.17, 15) is 5.11 Å². The van der Waals surface area contributed by atoms with Crippen LogP contribution in [-0.4, -0.2) is 35.7 Å². The predicted octanol–water partition coefficient (Wildman–Crippen LogP) is 2.10. The molecule has 2 rings (SSSR count). The van der Waals surface area contributed by atoms with E-state index in [1.54, 1.807) is 13.2 Å². The Hall–Kier alpha value is -1.26. The van der Waals surface area contributed by atoms with Crippen LogP contribution >= 0.6 is 0 Å². The number of phenolic OH excluding ortho intramolecular Hbond substituents is 1. The molecular formula is C15H24N2O2. The van der Waals surface area contributed by atoms with Crippen molar-refractivity contribution in [1.29, 1.82) is 0 Å². The van der Waals surface area contributed by atoms with Crippen molar-refractivity contribution >= 4 is 0 Å². The second-order valence-corrected chi connectivity index (χ2v) is 5.31. The molecule has 0 bridgehead atoms. The summed E-state index contributed by atoms with van der Waals surface area (Å²) in [5.41, 5.74) is 6.78. The second-order valence-electron chi connectivity index (χ2n) is 5.31. The van der Waals surface area contributed by atoms with Crippen molar-refractivity contribution in [3.05, 3.63) is 23.8 Å². The van der Waals surface area contributed by atoms with Crippen LogP contribution in [0.3, 0.4) is 0 Å². The molecule has 1 aromatic rings. The van der Waals surface area contributed by atoms with Gasteiger partial charge in [-0.2, -0.15) is 0 Å². The molecule has 0 saturated carbocycles. The average molecular weight is 264 g/mol. The first-order valence-electron chi connectivity index (χ1n) is 6.98. The Morgan fingerprint density at radius 2 is 2.21 bits per heavy atom. The smallest absolute Gasteiger partial charge is 0.162 e. The van der Waals surface area contributed by atoms with Gasteiger partial charge in [-0.05, 0) is 25.8 Å². The first-order chi connectivity index (χ1) is 9.17. The van der Waals surface area contributed by atoms with Crippen LogP contribution in [0.15, 0.2) is 18.2 Å². The van der Waals surface area contributed by atoms with Gasteiger partial charge in [-0.15, -0.1) is 0 Å². The molecule has 0 amide bonds. The zero-order valence-electron chi connectivity index (χ0n) is 11.8. The van der Waals surface area contributed by atoms with Crippen molar-refractivity contribution in [3.63, 3.8) is 0 Å². The van der Waals surface area contributed by atoms with Gasteiger partial charge in [0.1, 0.15) is 0 Å². The molecule has 0 aliphatic carbocycles. The number of rotatable bonds is 4. The van der Waals surface area contributed by atoms with E-state index >= 15 is 0 Å². The predicted molar refractivity (Wildman–Crippen MR) is 76.4 cm³/mol. The van der Waals surface area contributed by atoms with Crippen molar-refractivity contribution in [2.45, 2.75) is 44.8 Å². The maximum atomic E-state index is 10.2. The third-order valence-corrected chi connectivity index (χ3v) is 4.12. The second kappa shape index (κ2) is 6.26. The highest BCUT2D eigenvalue weighted by atomic mass is 16.5. The van der Waals surface area contributed by atoms with Gasteiger partial charge in [0.15, 0.2) is 11.5 Å². The van der Waals surface area contributed by atoms with E-state index in [0.29, 0.717) is 24.4 Å². The lowest BCUT2D eigenvalue weighted by Gasteiger charge is -2.40. The fraction of sp³-hybridized carbons (Fsp3) is 0.600. The zero-order valence-corrected chi connectivity index (χ0v) is 11.8. The van der Waals surface area contributed by atoms with E-state index in [2.05, 4.69) is 11.8 Å². The number of aromatic hydroxyl groups is 1. The fourth-order valence-corrected chi connectivity index (χ4v) is 2.94. The summed E-state index contributed by atoms with van der Waals surface area (Å²) in [5, 5.41) is 10.2. The molecule has 0 aromatic heterocycles. The number of methoxy groups -OCH3 is 1.